The molecule has 1 rings (SSSR count). The normalized spacial score (nSPS) is 12.2. The summed E-state index contributed by atoms with van der Waals surface area (Å²) in [6.45, 7) is 0.104. The molecule has 1 aromatic heterocycles. The van der Waals surface area contributed by atoms with E-state index in [4.69, 9.17) is 22.1 Å². The van der Waals surface area contributed by atoms with Crippen molar-refractivity contribution in [2.75, 3.05) is 19.0 Å². The molecule has 0 aliphatic rings. The van der Waals surface area contributed by atoms with Crippen LogP contribution in [-0.4, -0.2) is 30.6 Å². The van der Waals surface area contributed by atoms with Crippen molar-refractivity contribution in [2.45, 2.75) is 6.10 Å². The Labute approximate surface area is 92.6 Å². The first-order chi connectivity index (χ1) is 7.19. The van der Waals surface area contributed by atoms with E-state index in [0.29, 0.717) is 10.8 Å². The second-order valence-corrected chi connectivity index (χ2v) is 3.19. The summed E-state index contributed by atoms with van der Waals surface area (Å²) in [7, 11) is 1.41. The van der Waals surface area contributed by atoms with E-state index >= 15 is 0 Å². The van der Waals surface area contributed by atoms with Gasteiger partial charge in [0.15, 0.2) is 5.82 Å². The van der Waals surface area contributed by atoms with Crippen LogP contribution in [0, 0.1) is 0 Å². The summed E-state index contributed by atoms with van der Waals surface area (Å²) in [4.78, 5) is 15.4. The van der Waals surface area contributed by atoms with Gasteiger partial charge in [0.05, 0.1) is 5.02 Å². The van der Waals surface area contributed by atoms with Crippen LogP contribution in [0.4, 0.5) is 5.82 Å². The zero-order valence-corrected chi connectivity index (χ0v) is 8.99. The Morgan fingerprint density at radius 3 is 3.07 bits per heavy atom. The topological polar surface area (TPSA) is 77.2 Å². The van der Waals surface area contributed by atoms with Gasteiger partial charge in [-0.2, -0.15) is 0 Å². The number of carbonyl (C=O) groups is 1. The summed E-state index contributed by atoms with van der Waals surface area (Å²) >= 11 is 5.81. The minimum absolute atomic E-state index is 0.104. The zero-order valence-electron chi connectivity index (χ0n) is 8.24. The molecule has 0 radical (unpaired) electrons. The molecule has 0 fully saturated rings. The number of aromatic nitrogens is 1. The lowest BCUT2D eigenvalue weighted by Gasteiger charge is -2.12. The number of anilines is 1. The third-order valence-electron chi connectivity index (χ3n) is 1.79. The fourth-order valence-electron chi connectivity index (χ4n) is 0.985. The molecular formula is C9H12ClN3O2. The van der Waals surface area contributed by atoms with E-state index in [1.807, 2.05) is 0 Å². The van der Waals surface area contributed by atoms with Gasteiger partial charge in [-0.1, -0.05) is 11.6 Å². The number of halogens is 1. The van der Waals surface area contributed by atoms with E-state index in [9.17, 15) is 4.79 Å². The Morgan fingerprint density at radius 2 is 2.53 bits per heavy atom. The molecule has 0 bridgehead atoms. The maximum Gasteiger partial charge on any atom is 0.255 e. The molecule has 1 amide bonds. The Bertz CT molecular complexity index is 342. The summed E-state index contributed by atoms with van der Waals surface area (Å²) < 4.78 is 4.87. The number of ether oxygens (including phenoxy) is 1. The van der Waals surface area contributed by atoms with Crippen molar-refractivity contribution in [3.05, 3.63) is 23.4 Å². The standard InChI is InChI=1S/C9H12ClN3O2/c1-15-7(5-11)9(14)13-8-6(10)3-2-4-12-8/h2-4,7H,5,11H2,1H3,(H,12,13,14). The van der Waals surface area contributed by atoms with Gasteiger partial charge in [0.25, 0.3) is 5.91 Å². The van der Waals surface area contributed by atoms with Crippen molar-refractivity contribution in [2.24, 2.45) is 5.73 Å². The molecule has 6 heteroatoms. The minimum atomic E-state index is -0.692. The summed E-state index contributed by atoms with van der Waals surface area (Å²) in [6.07, 6.45) is 0.842. The first-order valence-electron chi connectivity index (χ1n) is 4.33. The van der Waals surface area contributed by atoms with Gasteiger partial charge in [-0.25, -0.2) is 4.98 Å². The predicted octanol–water partition coefficient (Wildman–Crippen LogP) is 0.647. The van der Waals surface area contributed by atoms with Gasteiger partial charge in [0, 0.05) is 19.9 Å². The van der Waals surface area contributed by atoms with Crippen molar-refractivity contribution < 1.29 is 9.53 Å². The van der Waals surface area contributed by atoms with Crippen molar-refractivity contribution in [3.8, 4) is 0 Å². The van der Waals surface area contributed by atoms with Crippen LogP contribution < -0.4 is 11.1 Å². The van der Waals surface area contributed by atoms with Crippen molar-refractivity contribution in [3.63, 3.8) is 0 Å². The lowest BCUT2D eigenvalue weighted by molar-refractivity contribution is -0.125. The number of carbonyl (C=O) groups excluding carboxylic acids is 1. The molecule has 0 aliphatic heterocycles. The number of hydrogen-bond donors (Lipinski definition) is 2. The largest absolute Gasteiger partial charge is 0.370 e. The Morgan fingerprint density at radius 1 is 1.80 bits per heavy atom. The molecule has 1 heterocycles. The molecule has 5 nitrogen and oxygen atoms in total. The highest BCUT2D eigenvalue weighted by molar-refractivity contribution is 6.33. The minimum Gasteiger partial charge on any atom is -0.370 e. The highest BCUT2D eigenvalue weighted by Gasteiger charge is 2.16. The number of nitrogens with one attached hydrogen (secondary N) is 1. The lowest BCUT2D eigenvalue weighted by Crippen LogP contribution is -2.36. The second-order valence-electron chi connectivity index (χ2n) is 2.78. The number of nitrogens with two attached hydrogens (primary N) is 1. The fourth-order valence-corrected chi connectivity index (χ4v) is 1.15. The summed E-state index contributed by atoms with van der Waals surface area (Å²) in [6, 6.07) is 3.31. The van der Waals surface area contributed by atoms with Crippen molar-refractivity contribution in [1.29, 1.82) is 0 Å². The van der Waals surface area contributed by atoms with E-state index in [1.165, 1.54) is 13.3 Å². The molecule has 1 unspecified atom stereocenters. The van der Waals surface area contributed by atoms with Crippen LogP contribution in [0.5, 0.6) is 0 Å². The fraction of sp³-hybridized carbons (Fsp3) is 0.333. The number of amides is 1. The molecule has 0 aliphatic carbocycles. The Hall–Kier alpha value is -1.17. The van der Waals surface area contributed by atoms with Crippen LogP contribution in [0.3, 0.4) is 0 Å². The van der Waals surface area contributed by atoms with E-state index < -0.39 is 6.10 Å². The molecule has 15 heavy (non-hydrogen) atoms. The number of nitrogens with zero attached hydrogens (tertiary/aromatic N) is 1. The van der Waals surface area contributed by atoms with E-state index in [2.05, 4.69) is 10.3 Å². The smallest absolute Gasteiger partial charge is 0.255 e. The van der Waals surface area contributed by atoms with Crippen LogP contribution in [0.2, 0.25) is 5.02 Å². The van der Waals surface area contributed by atoms with Gasteiger partial charge in [-0.15, -0.1) is 0 Å². The maximum atomic E-state index is 11.5. The van der Waals surface area contributed by atoms with Gasteiger partial charge in [-0.05, 0) is 12.1 Å². The van der Waals surface area contributed by atoms with Gasteiger partial charge in [-0.3, -0.25) is 4.79 Å². The Balaban J connectivity index is 2.70. The van der Waals surface area contributed by atoms with Crippen LogP contribution in [-0.2, 0) is 9.53 Å². The summed E-state index contributed by atoms with van der Waals surface area (Å²) in [5.41, 5.74) is 5.34. The van der Waals surface area contributed by atoms with E-state index in [1.54, 1.807) is 12.1 Å². The maximum absolute atomic E-state index is 11.5. The number of hydrogen-bond acceptors (Lipinski definition) is 4. The molecule has 0 spiro atoms. The molecule has 1 aromatic rings. The van der Waals surface area contributed by atoms with Gasteiger partial charge >= 0.3 is 0 Å². The molecule has 0 saturated carbocycles. The van der Waals surface area contributed by atoms with E-state index in [-0.39, 0.29) is 12.5 Å². The summed E-state index contributed by atoms with van der Waals surface area (Å²) in [5.74, 6) is -0.0553. The number of methoxy groups -OCH3 is 1. The number of pyridine rings is 1. The monoisotopic (exact) mass is 229 g/mol. The number of rotatable bonds is 4. The Kier molecular flexibility index (Phi) is 4.48. The van der Waals surface area contributed by atoms with Crippen molar-refractivity contribution >= 4 is 23.3 Å². The van der Waals surface area contributed by atoms with Crippen LogP contribution in [0.1, 0.15) is 0 Å². The first-order valence-corrected chi connectivity index (χ1v) is 4.71. The van der Waals surface area contributed by atoms with E-state index in [0.717, 1.165) is 0 Å². The molecular weight excluding hydrogens is 218 g/mol. The quantitative estimate of drug-likeness (QED) is 0.795. The third-order valence-corrected chi connectivity index (χ3v) is 2.10. The third kappa shape index (κ3) is 3.16. The predicted molar refractivity (Wildman–Crippen MR) is 57.7 cm³/mol. The molecule has 82 valence electrons. The van der Waals surface area contributed by atoms with Gasteiger partial charge < -0.3 is 15.8 Å². The lowest BCUT2D eigenvalue weighted by atomic mass is 10.3. The molecule has 0 saturated heterocycles. The molecule has 1 atom stereocenters. The van der Waals surface area contributed by atoms with Gasteiger partial charge in [0.1, 0.15) is 6.10 Å². The average molecular weight is 230 g/mol. The second kappa shape index (κ2) is 5.65. The van der Waals surface area contributed by atoms with Crippen LogP contribution in [0.25, 0.3) is 0 Å². The zero-order chi connectivity index (χ0) is 11.3. The highest BCUT2D eigenvalue weighted by atomic mass is 35.5. The first kappa shape index (κ1) is 11.9. The van der Waals surface area contributed by atoms with Crippen molar-refractivity contribution in [1.82, 2.24) is 4.98 Å². The van der Waals surface area contributed by atoms with Crippen LogP contribution in [0.15, 0.2) is 18.3 Å². The molecule has 3 N–H and O–H groups in total. The highest BCUT2D eigenvalue weighted by Crippen LogP contribution is 2.17. The SMILES string of the molecule is COC(CN)C(=O)Nc1ncccc1Cl. The van der Waals surface area contributed by atoms with Gasteiger partial charge in [0.2, 0.25) is 0 Å². The van der Waals surface area contributed by atoms with Crippen LogP contribution >= 0.6 is 11.6 Å². The molecule has 0 aromatic carbocycles. The average Bonchev–Trinajstić information content (AvgIpc) is 2.23. The summed E-state index contributed by atoms with van der Waals surface area (Å²) in [5, 5.41) is 2.90.